The molecule has 0 aromatic heterocycles. The van der Waals surface area contributed by atoms with E-state index < -0.39 is 30.1 Å². The zero-order valence-electron chi connectivity index (χ0n) is 19.3. The average Bonchev–Trinajstić information content (AvgIpc) is 2.88. The first kappa shape index (κ1) is 25.2. The van der Waals surface area contributed by atoms with E-state index in [0.717, 1.165) is 23.0 Å². The van der Waals surface area contributed by atoms with Gasteiger partial charge in [0.25, 0.3) is 0 Å². The average molecular weight is 473 g/mol. The molecule has 3 aromatic carbocycles. The van der Waals surface area contributed by atoms with E-state index in [9.17, 15) is 14.4 Å². The Bertz CT molecular complexity index is 1100. The molecule has 3 aromatic rings. The third-order valence-corrected chi connectivity index (χ3v) is 5.19. The highest BCUT2D eigenvalue weighted by molar-refractivity contribution is 5.90. The fourth-order valence-electron chi connectivity index (χ4n) is 3.45. The van der Waals surface area contributed by atoms with Gasteiger partial charge in [-0.05, 0) is 16.7 Å². The first-order chi connectivity index (χ1) is 17.0. The first-order valence-electron chi connectivity index (χ1n) is 11.2. The molecule has 0 aliphatic rings. The molecule has 0 aliphatic heterocycles. The summed E-state index contributed by atoms with van der Waals surface area (Å²) in [5.41, 5.74) is 2.50. The topological polar surface area (TPSA) is 93.7 Å². The van der Waals surface area contributed by atoms with Crippen molar-refractivity contribution in [1.82, 2.24) is 10.6 Å². The number of nitrogens with one attached hydrogen (secondary N) is 2. The van der Waals surface area contributed by atoms with E-state index in [1.54, 1.807) is 0 Å². The number of carbonyl (C=O) groups excluding carboxylic acids is 3. The minimum atomic E-state index is -0.976. The number of ether oxygens (including phenoxy) is 2. The van der Waals surface area contributed by atoms with Gasteiger partial charge in [-0.3, -0.25) is 4.79 Å². The van der Waals surface area contributed by atoms with Gasteiger partial charge in [0.2, 0.25) is 5.91 Å². The molecule has 2 atom stereocenters. The van der Waals surface area contributed by atoms with E-state index in [2.05, 4.69) is 17.2 Å². The number of hydrogen-bond acceptors (Lipinski definition) is 5. The maximum atomic E-state index is 13.3. The van der Waals surface area contributed by atoms with Gasteiger partial charge in [-0.15, -0.1) is 0 Å². The van der Waals surface area contributed by atoms with Crippen molar-refractivity contribution in [2.24, 2.45) is 0 Å². The molecule has 0 spiro atoms. The van der Waals surface area contributed by atoms with Gasteiger partial charge < -0.3 is 20.1 Å². The van der Waals surface area contributed by atoms with Crippen LogP contribution in [0.5, 0.6) is 0 Å². The summed E-state index contributed by atoms with van der Waals surface area (Å²) in [4.78, 5) is 38.3. The highest BCUT2D eigenvalue weighted by Gasteiger charge is 2.28. The molecule has 7 nitrogen and oxygen atoms in total. The molecule has 0 aliphatic carbocycles. The van der Waals surface area contributed by atoms with E-state index in [1.165, 1.54) is 0 Å². The molecular weight excluding hydrogens is 444 g/mol. The number of benzene rings is 3. The van der Waals surface area contributed by atoms with Crippen LogP contribution in [0.15, 0.2) is 104 Å². The van der Waals surface area contributed by atoms with E-state index >= 15 is 0 Å². The van der Waals surface area contributed by atoms with E-state index in [1.807, 2.05) is 91.0 Å². The summed E-state index contributed by atoms with van der Waals surface area (Å²) in [6.07, 6.45) is 0.711. The third kappa shape index (κ3) is 8.47. The number of carbonyl (C=O) groups is 3. The maximum absolute atomic E-state index is 13.3. The van der Waals surface area contributed by atoms with Gasteiger partial charge in [0.15, 0.2) is 0 Å². The SMILES string of the molecule is C=COC(=O)[C@H](Cc1ccccc1)NC(=O)[C@H](Cc1ccccc1)NC(=O)OCc1ccccc1. The summed E-state index contributed by atoms with van der Waals surface area (Å²) >= 11 is 0. The van der Waals surface area contributed by atoms with Crippen LogP contribution in [0, 0.1) is 0 Å². The van der Waals surface area contributed by atoms with Crippen LogP contribution in [0.3, 0.4) is 0 Å². The van der Waals surface area contributed by atoms with Gasteiger partial charge in [0.1, 0.15) is 18.7 Å². The van der Waals surface area contributed by atoms with Gasteiger partial charge >= 0.3 is 12.1 Å². The molecule has 3 rings (SSSR count). The minimum absolute atomic E-state index is 0.0641. The Morgan fingerprint density at radius 3 is 1.71 bits per heavy atom. The summed E-state index contributed by atoms with van der Waals surface area (Å²) in [6, 6.07) is 25.8. The first-order valence-corrected chi connectivity index (χ1v) is 11.2. The van der Waals surface area contributed by atoms with Gasteiger partial charge in [-0.25, -0.2) is 9.59 Å². The van der Waals surface area contributed by atoms with Crippen molar-refractivity contribution in [2.45, 2.75) is 31.5 Å². The fourth-order valence-corrected chi connectivity index (χ4v) is 3.45. The van der Waals surface area contributed by atoms with Crippen LogP contribution in [-0.4, -0.2) is 30.1 Å². The molecule has 0 saturated heterocycles. The van der Waals surface area contributed by atoms with Crippen molar-refractivity contribution in [3.05, 3.63) is 121 Å². The van der Waals surface area contributed by atoms with Crippen molar-refractivity contribution in [3.63, 3.8) is 0 Å². The molecule has 2 N–H and O–H groups in total. The highest BCUT2D eigenvalue weighted by atomic mass is 16.5. The van der Waals surface area contributed by atoms with Crippen LogP contribution in [-0.2, 0) is 38.5 Å². The van der Waals surface area contributed by atoms with Gasteiger partial charge in [-0.2, -0.15) is 0 Å². The molecule has 0 fully saturated rings. The standard InChI is InChI=1S/C28H28N2O5/c1-2-34-27(32)25(19-22-14-8-4-9-15-22)29-26(31)24(18-21-12-6-3-7-13-21)30-28(33)35-20-23-16-10-5-11-17-23/h2-17,24-25H,1,18-20H2,(H,29,31)(H,30,33)/t24-,25-/m0/s1. The van der Waals surface area contributed by atoms with Crippen LogP contribution in [0.2, 0.25) is 0 Å². The largest absolute Gasteiger partial charge is 0.445 e. The van der Waals surface area contributed by atoms with Crippen molar-refractivity contribution >= 4 is 18.0 Å². The van der Waals surface area contributed by atoms with E-state index in [0.29, 0.717) is 0 Å². The molecule has 0 bridgehead atoms. The molecule has 35 heavy (non-hydrogen) atoms. The third-order valence-electron chi connectivity index (χ3n) is 5.19. The van der Waals surface area contributed by atoms with Gasteiger partial charge in [0, 0.05) is 12.8 Å². The maximum Gasteiger partial charge on any atom is 0.408 e. The number of hydrogen-bond donors (Lipinski definition) is 2. The van der Waals surface area contributed by atoms with E-state index in [-0.39, 0.29) is 19.4 Å². The van der Waals surface area contributed by atoms with Crippen molar-refractivity contribution in [3.8, 4) is 0 Å². The summed E-state index contributed by atoms with van der Waals surface area (Å²) < 4.78 is 10.2. The van der Waals surface area contributed by atoms with Crippen LogP contribution >= 0.6 is 0 Å². The van der Waals surface area contributed by atoms with Crippen molar-refractivity contribution in [2.75, 3.05) is 0 Å². The van der Waals surface area contributed by atoms with E-state index in [4.69, 9.17) is 9.47 Å². The Balaban J connectivity index is 1.72. The quantitative estimate of drug-likeness (QED) is 0.326. The molecule has 180 valence electrons. The lowest BCUT2D eigenvalue weighted by Crippen LogP contribution is -2.53. The summed E-state index contributed by atoms with van der Waals surface area (Å²) in [7, 11) is 0. The second kappa shape index (κ2) is 13.3. The molecule has 0 saturated carbocycles. The normalized spacial score (nSPS) is 12.0. The minimum Gasteiger partial charge on any atom is -0.445 e. The second-order valence-electron chi connectivity index (χ2n) is 7.80. The lowest BCUT2D eigenvalue weighted by molar-refractivity contribution is -0.142. The Morgan fingerprint density at radius 2 is 1.20 bits per heavy atom. The molecule has 0 unspecified atom stereocenters. The molecule has 7 heteroatoms. The second-order valence-corrected chi connectivity index (χ2v) is 7.80. The molecular formula is C28H28N2O5. The Morgan fingerprint density at radius 1 is 0.714 bits per heavy atom. The fraction of sp³-hybridized carbons (Fsp3) is 0.179. The van der Waals surface area contributed by atoms with Gasteiger partial charge in [-0.1, -0.05) is 97.6 Å². The van der Waals surface area contributed by atoms with Crippen LogP contribution < -0.4 is 10.6 Å². The Labute approximate surface area is 204 Å². The number of esters is 1. The predicted octanol–water partition coefficient (Wildman–Crippen LogP) is 3.94. The molecule has 0 radical (unpaired) electrons. The highest BCUT2D eigenvalue weighted by Crippen LogP contribution is 2.09. The number of alkyl carbamates (subject to hydrolysis) is 1. The van der Waals surface area contributed by atoms with Crippen LogP contribution in [0.25, 0.3) is 0 Å². The summed E-state index contributed by atoms with van der Waals surface area (Å²) in [5, 5.41) is 5.35. The Hall–Kier alpha value is -4.39. The summed E-state index contributed by atoms with van der Waals surface area (Å²) in [6.45, 7) is 3.48. The number of amides is 2. The smallest absolute Gasteiger partial charge is 0.408 e. The number of rotatable bonds is 11. The van der Waals surface area contributed by atoms with Crippen LogP contribution in [0.4, 0.5) is 4.79 Å². The van der Waals surface area contributed by atoms with Gasteiger partial charge in [0.05, 0.1) is 6.26 Å². The summed E-state index contributed by atoms with van der Waals surface area (Å²) in [5.74, 6) is -1.19. The lowest BCUT2D eigenvalue weighted by Gasteiger charge is -2.22. The Kier molecular flexibility index (Phi) is 9.63. The predicted molar refractivity (Wildman–Crippen MR) is 132 cm³/mol. The van der Waals surface area contributed by atoms with Crippen molar-refractivity contribution < 1.29 is 23.9 Å². The lowest BCUT2D eigenvalue weighted by atomic mass is 10.0. The molecule has 0 heterocycles. The molecule has 2 amide bonds. The van der Waals surface area contributed by atoms with Crippen molar-refractivity contribution in [1.29, 1.82) is 0 Å². The zero-order chi connectivity index (χ0) is 24.9. The monoisotopic (exact) mass is 472 g/mol. The van der Waals surface area contributed by atoms with Crippen LogP contribution in [0.1, 0.15) is 16.7 Å². The zero-order valence-corrected chi connectivity index (χ0v) is 19.3.